The SMILES string of the molecule is O=C(O)[C@@H](O)CCCCCCCCCC1CCCCCC1. The molecule has 0 heterocycles. The Bertz CT molecular complexity index is 257. The monoisotopic (exact) mass is 298 g/mol. The van der Waals surface area contributed by atoms with Gasteiger partial charge in [-0.1, -0.05) is 89.9 Å². The van der Waals surface area contributed by atoms with Crippen LogP contribution in [0, 0.1) is 5.92 Å². The van der Waals surface area contributed by atoms with E-state index in [-0.39, 0.29) is 0 Å². The minimum Gasteiger partial charge on any atom is -0.479 e. The minimum atomic E-state index is -1.16. The molecule has 0 saturated heterocycles. The van der Waals surface area contributed by atoms with Crippen molar-refractivity contribution in [1.29, 1.82) is 0 Å². The number of hydrogen-bond donors (Lipinski definition) is 2. The number of rotatable bonds is 11. The molecule has 124 valence electrons. The number of hydrogen-bond acceptors (Lipinski definition) is 2. The average Bonchev–Trinajstić information content (AvgIpc) is 2.73. The highest BCUT2D eigenvalue weighted by atomic mass is 16.4. The lowest BCUT2D eigenvalue weighted by atomic mass is 9.93. The number of carboxylic acids is 1. The van der Waals surface area contributed by atoms with Gasteiger partial charge in [-0.05, 0) is 12.3 Å². The lowest BCUT2D eigenvalue weighted by molar-refractivity contribution is -0.146. The van der Waals surface area contributed by atoms with Crippen LogP contribution >= 0.6 is 0 Å². The maximum atomic E-state index is 10.4. The van der Waals surface area contributed by atoms with Crippen LogP contribution < -0.4 is 0 Å². The molecule has 1 atom stereocenters. The Balaban J connectivity index is 1.83. The number of carbonyl (C=O) groups is 1. The van der Waals surface area contributed by atoms with E-state index in [4.69, 9.17) is 10.2 Å². The molecule has 0 amide bonds. The molecule has 3 heteroatoms. The van der Waals surface area contributed by atoms with Crippen molar-refractivity contribution < 1.29 is 15.0 Å². The first-order chi connectivity index (χ1) is 10.2. The summed E-state index contributed by atoms with van der Waals surface area (Å²) in [6, 6.07) is 0. The quantitative estimate of drug-likeness (QED) is 0.421. The fraction of sp³-hybridized carbons (Fsp3) is 0.944. The molecule has 21 heavy (non-hydrogen) atoms. The lowest BCUT2D eigenvalue weighted by Crippen LogP contribution is -2.18. The van der Waals surface area contributed by atoms with E-state index < -0.39 is 12.1 Å². The highest BCUT2D eigenvalue weighted by molar-refractivity contribution is 5.71. The molecular formula is C18H34O3. The van der Waals surface area contributed by atoms with Gasteiger partial charge >= 0.3 is 5.97 Å². The van der Waals surface area contributed by atoms with E-state index in [1.54, 1.807) is 0 Å². The Morgan fingerprint density at radius 3 is 1.95 bits per heavy atom. The molecule has 0 spiro atoms. The summed E-state index contributed by atoms with van der Waals surface area (Å²) in [6.45, 7) is 0. The summed E-state index contributed by atoms with van der Waals surface area (Å²) >= 11 is 0. The van der Waals surface area contributed by atoms with Gasteiger partial charge in [-0.25, -0.2) is 4.79 Å². The Labute approximate surface area is 130 Å². The van der Waals surface area contributed by atoms with E-state index in [2.05, 4.69) is 0 Å². The normalized spacial score (nSPS) is 18.3. The molecule has 1 aliphatic rings. The second-order valence-electron chi connectivity index (χ2n) is 6.76. The Morgan fingerprint density at radius 1 is 0.857 bits per heavy atom. The second-order valence-corrected chi connectivity index (χ2v) is 6.76. The van der Waals surface area contributed by atoms with Gasteiger partial charge < -0.3 is 10.2 Å². The molecule has 0 aromatic rings. The summed E-state index contributed by atoms with van der Waals surface area (Å²) in [7, 11) is 0. The third-order valence-corrected chi connectivity index (χ3v) is 4.85. The van der Waals surface area contributed by atoms with Crippen LogP contribution in [0.3, 0.4) is 0 Å². The summed E-state index contributed by atoms with van der Waals surface area (Å²) in [5.74, 6) is -0.0847. The fourth-order valence-electron chi connectivity index (χ4n) is 3.43. The molecule has 0 radical (unpaired) electrons. The third-order valence-electron chi connectivity index (χ3n) is 4.85. The molecule has 0 unspecified atom stereocenters. The van der Waals surface area contributed by atoms with Gasteiger partial charge in [-0.3, -0.25) is 0 Å². The van der Waals surface area contributed by atoms with Crippen molar-refractivity contribution in [3.05, 3.63) is 0 Å². The van der Waals surface area contributed by atoms with E-state index in [1.807, 2.05) is 0 Å². The largest absolute Gasteiger partial charge is 0.479 e. The molecule has 1 aliphatic carbocycles. The molecule has 0 aliphatic heterocycles. The molecule has 1 saturated carbocycles. The summed E-state index contributed by atoms with van der Waals surface area (Å²) in [6.07, 6.45) is 17.8. The van der Waals surface area contributed by atoms with Crippen LogP contribution in [0.4, 0.5) is 0 Å². The Hall–Kier alpha value is -0.570. The van der Waals surface area contributed by atoms with E-state index >= 15 is 0 Å². The summed E-state index contributed by atoms with van der Waals surface area (Å²) in [5, 5.41) is 17.7. The maximum Gasteiger partial charge on any atom is 0.332 e. The zero-order valence-corrected chi connectivity index (χ0v) is 13.6. The van der Waals surface area contributed by atoms with Crippen LogP contribution in [0.25, 0.3) is 0 Å². The first kappa shape index (κ1) is 18.5. The van der Waals surface area contributed by atoms with Crippen molar-refractivity contribution in [3.63, 3.8) is 0 Å². The van der Waals surface area contributed by atoms with Gasteiger partial charge in [0.2, 0.25) is 0 Å². The standard InChI is InChI=1S/C18H34O3/c19-17(18(20)21)15-11-5-3-1-2-4-8-12-16-13-9-6-7-10-14-16/h16-17,19H,1-15H2,(H,20,21)/t17-/m0/s1. The van der Waals surface area contributed by atoms with Crippen molar-refractivity contribution in [2.24, 2.45) is 5.92 Å². The lowest BCUT2D eigenvalue weighted by Gasteiger charge is -2.13. The van der Waals surface area contributed by atoms with Crippen molar-refractivity contribution in [3.8, 4) is 0 Å². The predicted octanol–water partition coefficient (Wildman–Crippen LogP) is 4.91. The third kappa shape index (κ3) is 9.89. The fourth-order valence-corrected chi connectivity index (χ4v) is 3.43. The molecule has 3 nitrogen and oxygen atoms in total. The first-order valence-corrected chi connectivity index (χ1v) is 9.11. The molecule has 2 N–H and O–H groups in total. The number of aliphatic hydroxyl groups excluding tert-OH is 1. The van der Waals surface area contributed by atoms with Crippen molar-refractivity contribution in [1.82, 2.24) is 0 Å². The van der Waals surface area contributed by atoms with Crippen LogP contribution in [-0.4, -0.2) is 22.3 Å². The van der Waals surface area contributed by atoms with Crippen LogP contribution in [0.2, 0.25) is 0 Å². The average molecular weight is 298 g/mol. The number of carboxylic acid groups (broad SMARTS) is 1. The second kappa shape index (κ2) is 12.0. The number of aliphatic hydroxyl groups is 1. The molecule has 0 aromatic heterocycles. The van der Waals surface area contributed by atoms with E-state index in [0.29, 0.717) is 6.42 Å². The molecule has 1 fully saturated rings. The van der Waals surface area contributed by atoms with Crippen LogP contribution in [0.1, 0.15) is 96.3 Å². The van der Waals surface area contributed by atoms with E-state index in [0.717, 1.165) is 18.8 Å². The molecule has 0 aromatic carbocycles. The van der Waals surface area contributed by atoms with Gasteiger partial charge in [0, 0.05) is 0 Å². The van der Waals surface area contributed by atoms with E-state index in [1.165, 1.54) is 77.0 Å². The van der Waals surface area contributed by atoms with Gasteiger partial charge in [0.1, 0.15) is 0 Å². The van der Waals surface area contributed by atoms with Crippen LogP contribution in [0.15, 0.2) is 0 Å². The Kier molecular flexibility index (Phi) is 10.6. The van der Waals surface area contributed by atoms with Gasteiger partial charge in [0.25, 0.3) is 0 Å². The zero-order chi connectivity index (χ0) is 15.3. The predicted molar refractivity (Wildman–Crippen MR) is 86.4 cm³/mol. The topological polar surface area (TPSA) is 57.5 Å². The van der Waals surface area contributed by atoms with Crippen LogP contribution in [0.5, 0.6) is 0 Å². The van der Waals surface area contributed by atoms with Gasteiger partial charge in [0.15, 0.2) is 6.10 Å². The highest BCUT2D eigenvalue weighted by Gasteiger charge is 2.12. The molecule has 1 rings (SSSR count). The minimum absolute atomic E-state index is 0.400. The molecular weight excluding hydrogens is 264 g/mol. The van der Waals surface area contributed by atoms with Crippen molar-refractivity contribution in [2.75, 3.05) is 0 Å². The summed E-state index contributed by atoms with van der Waals surface area (Å²) in [4.78, 5) is 10.4. The summed E-state index contributed by atoms with van der Waals surface area (Å²) < 4.78 is 0. The maximum absolute atomic E-state index is 10.4. The first-order valence-electron chi connectivity index (χ1n) is 9.11. The smallest absolute Gasteiger partial charge is 0.332 e. The zero-order valence-electron chi connectivity index (χ0n) is 13.6. The summed E-state index contributed by atoms with van der Waals surface area (Å²) in [5.41, 5.74) is 0. The van der Waals surface area contributed by atoms with Gasteiger partial charge in [-0.15, -0.1) is 0 Å². The van der Waals surface area contributed by atoms with Gasteiger partial charge in [-0.2, -0.15) is 0 Å². The number of aliphatic carboxylic acids is 1. The van der Waals surface area contributed by atoms with Crippen molar-refractivity contribution in [2.45, 2.75) is 102 Å². The number of unbranched alkanes of at least 4 members (excludes halogenated alkanes) is 6. The highest BCUT2D eigenvalue weighted by Crippen LogP contribution is 2.27. The van der Waals surface area contributed by atoms with Crippen molar-refractivity contribution >= 4 is 5.97 Å². The van der Waals surface area contributed by atoms with E-state index in [9.17, 15) is 4.79 Å². The molecule has 0 bridgehead atoms. The Morgan fingerprint density at radius 2 is 1.38 bits per heavy atom. The van der Waals surface area contributed by atoms with Crippen LogP contribution in [-0.2, 0) is 4.79 Å². The van der Waals surface area contributed by atoms with Gasteiger partial charge in [0.05, 0.1) is 0 Å².